The van der Waals surface area contributed by atoms with Gasteiger partial charge in [0.1, 0.15) is 0 Å². The lowest BCUT2D eigenvalue weighted by atomic mass is 10.2. The second kappa shape index (κ2) is 6.41. The van der Waals surface area contributed by atoms with Crippen LogP contribution in [0, 0.1) is 0 Å². The zero-order chi connectivity index (χ0) is 14.7. The van der Waals surface area contributed by atoms with Crippen LogP contribution in [0.1, 0.15) is 18.2 Å². The summed E-state index contributed by atoms with van der Waals surface area (Å²) in [4.78, 5) is 4.47. The van der Waals surface area contributed by atoms with E-state index in [4.69, 9.17) is 0 Å². The van der Waals surface area contributed by atoms with E-state index in [-0.39, 0.29) is 0 Å². The Balaban J connectivity index is 1.96. The summed E-state index contributed by atoms with van der Waals surface area (Å²) < 4.78 is 3.29. The fourth-order valence-corrected chi connectivity index (χ4v) is 2.76. The van der Waals surface area contributed by atoms with Crippen LogP contribution in [-0.2, 0) is 13.1 Å². The minimum Gasteiger partial charge on any atom is -0.341 e. The summed E-state index contributed by atoms with van der Waals surface area (Å²) in [7, 11) is 0. The maximum Gasteiger partial charge on any atom is 0.0648 e. The van der Waals surface area contributed by atoms with Crippen LogP contribution in [0.3, 0.4) is 0 Å². The lowest BCUT2D eigenvalue weighted by Gasteiger charge is -2.04. The largest absolute Gasteiger partial charge is 0.341 e. The number of aromatic nitrogens is 2. The maximum atomic E-state index is 4.47. The molecule has 1 N–H and O–H groups in total. The summed E-state index contributed by atoms with van der Waals surface area (Å²) in [6, 6.07) is 12.6. The molecule has 108 valence electrons. The van der Waals surface area contributed by atoms with Gasteiger partial charge in [0.25, 0.3) is 0 Å². The first-order valence-electron chi connectivity index (χ1n) is 7.16. The second-order valence-electron chi connectivity index (χ2n) is 5.05. The number of para-hydroxylation sites is 1. The summed E-state index contributed by atoms with van der Waals surface area (Å²) >= 11 is 3.43. The van der Waals surface area contributed by atoms with Crippen molar-refractivity contribution in [2.75, 3.05) is 6.54 Å². The van der Waals surface area contributed by atoms with Gasteiger partial charge in [0, 0.05) is 34.3 Å². The molecular weight excluding hydrogens is 326 g/mol. The molecule has 3 aromatic rings. The normalized spacial score (nSPS) is 11.1. The van der Waals surface area contributed by atoms with E-state index in [0.717, 1.165) is 29.8 Å². The number of benzene rings is 1. The monoisotopic (exact) mass is 343 g/mol. The van der Waals surface area contributed by atoms with Crippen molar-refractivity contribution >= 4 is 26.8 Å². The van der Waals surface area contributed by atoms with Crippen molar-refractivity contribution in [1.82, 2.24) is 14.9 Å². The van der Waals surface area contributed by atoms with Gasteiger partial charge in [0.05, 0.1) is 12.2 Å². The molecule has 3 nitrogen and oxygen atoms in total. The Morgan fingerprint density at radius 3 is 2.81 bits per heavy atom. The quantitative estimate of drug-likeness (QED) is 0.759. The fourth-order valence-electron chi connectivity index (χ4n) is 2.53. The molecule has 0 spiro atoms. The highest BCUT2D eigenvalue weighted by Crippen LogP contribution is 2.22. The molecule has 0 aliphatic heterocycles. The molecule has 3 rings (SSSR count). The van der Waals surface area contributed by atoms with Crippen LogP contribution in [0.25, 0.3) is 10.9 Å². The SMILES string of the molecule is CCNCc1cn(Cc2ccc(Br)cn2)c2ccccc12. The Bertz CT molecular complexity index is 731. The highest BCUT2D eigenvalue weighted by atomic mass is 79.9. The van der Waals surface area contributed by atoms with Crippen LogP contribution < -0.4 is 5.32 Å². The van der Waals surface area contributed by atoms with Gasteiger partial charge in [0.15, 0.2) is 0 Å². The molecule has 2 heterocycles. The predicted octanol–water partition coefficient (Wildman–Crippen LogP) is 3.96. The molecular formula is C17H18BrN3. The van der Waals surface area contributed by atoms with Crippen LogP contribution in [-0.4, -0.2) is 16.1 Å². The summed E-state index contributed by atoms with van der Waals surface area (Å²) in [5.41, 5.74) is 3.66. The van der Waals surface area contributed by atoms with Gasteiger partial charge in [-0.15, -0.1) is 0 Å². The summed E-state index contributed by atoms with van der Waals surface area (Å²) in [5.74, 6) is 0. The van der Waals surface area contributed by atoms with E-state index in [0.29, 0.717) is 0 Å². The number of hydrogen-bond donors (Lipinski definition) is 1. The molecule has 0 aliphatic rings. The van der Waals surface area contributed by atoms with Gasteiger partial charge in [-0.1, -0.05) is 25.1 Å². The molecule has 21 heavy (non-hydrogen) atoms. The Kier molecular flexibility index (Phi) is 4.36. The predicted molar refractivity (Wildman–Crippen MR) is 90.4 cm³/mol. The average molecular weight is 344 g/mol. The van der Waals surface area contributed by atoms with Gasteiger partial charge in [-0.2, -0.15) is 0 Å². The average Bonchev–Trinajstić information content (AvgIpc) is 2.86. The number of fused-ring (bicyclic) bond motifs is 1. The highest BCUT2D eigenvalue weighted by Gasteiger charge is 2.08. The Morgan fingerprint density at radius 2 is 2.05 bits per heavy atom. The van der Waals surface area contributed by atoms with E-state index in [1.54, 1.807) is 0 Å². The summed E-state index contributed by atoms with van der Waals surface area (Å²) in [6.07, 6.45) is 4.08. The third kappa shape index (κ3) is 3.17. The van der Waals surface area contributed by atoms with Crippen LogP contribution in [0.5, 0.6) is 0 Å². The second-order valence-corrected chi connectivity index (χ2v) is 5.96. The van der Waals surface area contributed by atoms with Gasteiger partial charge in [-0.05, 0) is 46.2 Å². The molecule has 1 aromatic carbocycles. The third-order valence-corrected chi connectivity index (χ3v) is 4.03. The maximum absolute atomic E-state index is 4.47. The molecule has 0 radical (unpaired) electrons. The number of nitrogens with zero attached hydrogens (tertiary/aromatic N) is 2. The molecule has 0 saturated carbocycles. The zero-order valence-corrected chi connectivity index (χ0v) is 13.6. The van der Waals surface area contributed by atoms with Gasteiger partial charge >= 0.3 is 0 Å². The van der Waals surface area contributed by atoms with Crippen molar-refractivity contribution in [3.8, 4) is 0 Å². The van der Waals surface area contributed by atoms with Crippen LogP contribution in [0.2, 0.25) is 0 Å². The first kappa shape index (κ1) is 14.3. The number of nitrogens with one attached hydrogen (secondary N) is 1. The number of pyridine rings is 1. The highest BCUT2D eigenvalue weighted by molar-refractivity contribution is 9.10. The van der Waals surface area contributed by atoms with Crippen molar-refractivity contribution in [1.29, 1.82) is 0 Å². The molecule has 0 fully saturated rings. The van der Waals surface area contributed by atoms with Gasteiger partial charge in [-0.25, -0.2) is 0 Å². The molecule has 0 aliphatic carbocycles. The molecule has 0 amide bonds. The molecule has 4 heteroatoms. The molecule has 0 unspecified atom stereocenters. The Hall–Kier alpha value is -1.65. The van der Waals surface area contributed by atoms with E-state index in [1.165, 1.54) is 16.5 Å². The first-order valence-corrected chi connectivity index (χ1v) is 7.95. The number of rotatable bonds is 5. The zero-order valence-electron chi connectivity index (χ0n) is 12.0. The third-order valence-electron chi connectivity index (χ3n) is 3.56. The van der Waals surface area contributed by atoms with E-state index >= 15 is 0 Å². The fraction of sp³-hybridized carbons (Fsp3) is 0.235. The molecule has 0 bridgehead atoms. The van der Waals surface area contributed by atoms with Gasteiger partial charge < -0.3 is 9.88 Å². The Morgan fingerprint density at radius 1 is 1.19 bits per heavy atom. The van der Waals surface area contributed by atoms with Crippen LogP contribution in [0.15, 0.2) is 53.3 Å². The van der Waals surface area contributed by atoms with Crippen LogP contribution in [0.4, 0.5) is 0 Å². The minimum atomic E-state index is 0.792. The van der Waals surface area contributed by atoms with E-state index in [9.17, 15) is 0 Å². The smallest absolute Gasteiger partial charge is 0.0648 e. The lowest BCUT2D eigenvalue weighted by Crippen LogP contribution is -2.11. The van der Waals surface area contributed by atoms with Crippen molar-refractivity contribution in [2.45, 2.75) is 20.0 Å². The van der Waals surface area contributed by atoms with Crippen LogP contribution >= 0.6 is 15.9 Å². The van der Waals surface area contributed by atoms with Crippen molar-refractivity contribution in [2.24, 2.45) is 0 Å². The van der Waals surface area contributed by atoms with Crippen molar-refractivity contribution in [3.63, 3.8) is 0 Å². The number of halogens is 1. The van der Waals surface area contributed by atoms with E-state index < -0.39 is 0 Å². The van der Waals surface area contributed by atoms with Crippen molar-refractivity contribution in [3.05, 3.63) is 64.5 Å². The van der Waals surface area contributed by atoms with Gasteiger partial charge in [0.2, 0.25) is 0 Å². The van der Waals surface area contributed by atoms with E-state index in [1.807, 2.05) is 12.3 Å². The van der Waals surface area contributed by atoms with Gasteiger partial charge in [-0.3, -0.25) is 4.98 Å². The minimum absolute atomic E-state index is 0.792. The standard InChI is InChI=1S/C17H18BrN3/c1-2-19-9-13-11-21(17-6-4-3-5-16(13)17)12-15-8-7-14(18)10-20-15/h3-8,10-11,19H,2,9,12H2,1H3. The number of hydrogen-bond acceptors (Lipinski definition) is 2. The molecule has 0 atom stereocenters. The van der Waals surface area contributed by atoms with Crippen molar-refractivity contribution < 1.29 is 0 Å². The molecule has 2 aromatic heterocycles. The molecule has 0 saturated heterocycles. The summed E-state index contributed by atoms with van der Waals surface area (Å²) in [6.45, 7) is 4.80. The summed E-state index contributed by atoms with van der Waals surface area (Å²) in [5, 5.41) is 4.72. The van der Waals surface area contributed by atoms with E-state index in [2.05, 4.69) is 74.3 Å². The first-order chi connectivity index (χ1) is 10.3. The Labute approximate surface area is 133 Å². The lowest BCUT2D eigenvalue weighted by molar-refractivity contribution is 0.722. The topological polar surface area (TPSA) is 29.9 Å².